The lowest BCUT2D eigenvalue weighted by Crippen LogP contribution is -2.15. The van der Waals surface area contributed by atoms with Gasteiger partial charge in [0.15, 0.2) is 0 Å². The minimum atomic E-state index is -0.364. The average molecular weight is 486 g/mol. The molecular weight excluding hydrogens is 454 g/mol. The van der Waals surface area contributed by atoms with Gasteiger partial charge in [-0.1, -0.05) is 26.2 Å². The molecule has 0 bridgehead atoms. The van der Waals surface area contributed by atoms with Crippen LogP contribution in [0.4, 0.5) is 10.7 Å². The van der Waals surface area contributed by atoms with E-state index in [1.165, 1.54) is 34.0 Å². The molecule has 0 fully saturated rings. The molecule has 3 aromatic rings. The normalized spacial score (nSPS) is 13.9. The topological polar surface area (TPSA) is 94.3 Å². The van der Waals surface area contributed by atoms with Gasteiger partial charge in [-0.25, -0.2) is 9.78 Å². The molecule has 3 heterocycles. The number of ether oxygens (including phenoxy) is 1. The summed E-state index contributed by atoms with van der Waals surface area (Å²) in [6.45, 7) is 4.25. The summed E-state index contributed by atoms with van der Waals surface area (Å²) in [6.07, 6.45) is 9.35. The maximum Gasteiger partial charge on any atom is 0.341 e. The van der Waals surface area contributed by atoms with Crippen LogP contribution in [0, 0.1) is 0 Å². The van der Waals surface area contributed by atoms with Crippen LogP contribution in [0.15, 0.2) is 12.1 Å². The molecule has 1 aliphatic carbocycles. The second-order valence-electron chi connectivity index (χ2n) is 8.40. The highest BCUT2D eigenvalue weighted by Gasteiger charge is 2.27. The summed E-state index contributed by atoms with van der Waals surface area (Å²) < 4.78 is 5.35. The molecule has 3 N–H and O–H groups in total. The number of nitrogens with one attached hydrogen (secondary N) is 1. The maximum atomic E-state index is 13.3. The number of pyridine rings is 1. The van der Waals surface area contributed by atoms with Crippen LogP contribution in [0.3, 0.4) is 0 Å². The number of esters is 1. The van der Waals surface area contributed by atoms with Crippen LogP contribution in [0.25, 0.3) is 10.2 Å². The number of nitrogens with two attached hydrogens (primary N) is 1. The van der Waals surface area contributed by atoms with E-state index < -0.39 is 0 Å². The molecule has 0 spiro atoms. The number of fused-ring (bicyclic) bond motifs is 2. The second kappa shape index (κ2) is 10.7. The van der Waals surface area contributed by atoms with E-state index in [0.717, 1.165) is 72.8 Å². The van der Waals surface area contributed by atoms with E-state index in [2.05, 4.69) is 12.2 Å². The summed E-state index contributed by atoms with van der Waals surface area (Å²) in [6, 6.07) is 3.94. The molecule has 1 aliphatic rings. The van der Waals surface area contributed by atoms with Crippen molar-refractivity contribution in [1.29, 1.82) is 0 Å². The van der Waals surface area contributed by atoms with Gasteiger partial charge in [0, 0.05) is 16.0 Å². The molecule has 0 saturated heterocycles. The molecular formula is C25H31N3O3S2. The Labute approximate surface area is 202 Å². The molecule has 0 aromatic carbocycles. The van der Waals surface area contributed by atoms with Crippen LogP contribution in [0.5, 0.6) is 0 Å². The molecule has 33 heavy (non-hydrogen) atoms. The summed E-state index contributed by atoms with van der Waals surface area (Å²) in [4.78, 5) is 33.2. The number of carbonyl (C=O) groups excluding carboxylic acids is 2. The first kappa shape index (κ1) is 23.7. The number of hydrogen-bond acceptors (Lipinski definition) is 7. The SMILES string of the molecule is CCCCc1ccc2c(N)c(C(=O)Nc3sc4c(c3C(=O)OCC)CCCCCC4)sc2n1. The molecule has 0 unspecified atom stereocenters. The van der Waals surface area contributed by atoms with Crippen molar-refractivity contribution >= 4 is 55.5 Å². The number of unbranched alkanes of at least 4 members (excludes halogenated alkanes) is 1. The Bertz CT molecular complexity index is 1170. The lowest BCUT2D eigenvalue weighted by molar-refractivity contribution is 0.0526. The summed E-state index contributed by atoms with van der Waals surface area (Å²) in [5.41, 5.74) is 9.36. The third-order valence-corrected chi connectivity index (χ3v) is 8.34. The molecule has 8 heteroatoms. The number of aromatic nitrogens is 1. The summed E-state index contributed by atoms with van der Waals surface area (Å²) >= 11 is 2.81. The van der Waals surface area contributed by atoms with E-state index in [9.17, 15) is 9.59 Å². The smallest absolute Gasteiger partial charge is 0.341 e. The van der Waals surface area contributed by atoms with Crippen LogP contribution in [-0.2, 0) is 24.0 Å². The fourth-order valence-electron chi connectivity index (χ4n) is 4.29. The van der Waals surface area contributed by atoms with Crippen LogP contribution < -0.4 is 11.1 Å². The van der Waals surface area contributed by atoms with Crippen molar-refractivity contribution in [3.05, 3.63) is 38.7 Å². The highest BCUT2D eigenvalue weighted by atomic mass is 32.1. The molecule has 6 nitrogen and oxygen atoms in total. The standard InChI is InChI=1S/C25H31N3O3S2/c1-3-5-10-15-13-14-17-20(26)21(33-23(17)27-15)22(29)28-24-19(25(30)31-4-2)16-11-8-6-7-9-12-18(16)32-24/h13-14H,3-12,26H2,1-2H3,(H,28,29). The Hall–Kier alpha value is -2.45. The number of carbonyl (C=O) groups is 2. The van der Waals surface area contributed by atoms with Gasteiger partial charge in [-0.15, -0.1) is 22.7 Å². The quantitative estimate of drug-likeness (QED) is 0.379. The van der Waals surface area contributed by atoms with E-state index in [1.807, 2.05) is 12.1 Å². The number of nitrogen functional groups attached to an aromatic ring is 1. The number of rotatable bonds is 7. The summed E-state index contributed by atoms with van der Waals surface area (Å²) in [5.74, 6) is -0.664. The van der Waals surface area contributed by atoms with E-state index >= 15 is 0 Å². The summed E-state index contributed by atoms with van der Waals surface area (Å²) in [7, 11) is 0. The van der Waals surface area contributed by atoms with Crippen LogP contribution >= 0.6 is 22.7 Å². The number of hydrogen-bond donors (Lipinski definition) is 2. The molecule has 0 saturated carbocycles. The van der Waals surface area contributed by atoms with Gasteiger partial charge in [0.05, 0.1) is 17.9 Å². The van der Waals surface area contributed by atoms with E-state index in [0.29, 0.717) is 27.7 Å². The Balaban J connectivity index is 1.66. The van der Waals surface area contributed by atoms with Crippen molar-refractivity contribution < 1.29 is 14.3 Å². The lowest BCUT2D eigenvalue weighted by Gasteiger charge is -2.11. The Morgan fingerprint density at radius 3 is 2.67 bits per heavy atom. The largest absolute Gasteiger partial charge is 0.462 e. The maximum absolute atomic E-state index is 13.3. The first-order valence-electron chi connectivity index (χ1n) is 11.8. The number of thiophene rings is 2. The molecule has 0 aliphatic heterocycles. The number of amides is 1. The van der Waals surface area contributed by atoms with Gasteiger partial charge in [-0.2, -0.15) is 0 Å². The predicted octanol–water partition coefficient (Wildman–Crippen LogP) is 6.37. The summed E-state index contributed by atoms with van der Waals surface area (Å²) in [5, 5.41) is 4.37. The molecule has 4 rings (SSSR count). The van der Waals surface area contributed by atoms with Crippen molar-refractivity contribution in [2.45, 2.75) is 71.6 Å². The van der Waals surface area contributed by atoms with Gasteiger partial charge in [-0.3, -0.25) is 4.79 Å². The molecule has 0 atom stereocenters. The van der Waals surface area contributed by atoms with Crippen LogP contribution in [0.1, 0.15) is 88.5 Å². The number of aryl methyl sites for hydroxylation is 2. The van der Waals surface area contributed by atoms with E-state index in [-0.39, 0.29) is 11.9 Å². The van der Waals surface area contributed by atoms with Crippen LogP contribution in [-0.4, -0.2) is 23.5 Å². The monoisotopic (exact) mass is 485 g/mol. The van der Waals surface area contributed by atoms with Crippen molar-refractivity contribution in [3.8, 4) is 0 Å². The first-order valence-corrected chi connectivity index (χ1v) is 13.5. The van der Waals surface area contributed by atoms with E-state index in [4.69, 9.17) is 15.5 Å². The highest BCUT2D eigenvalue weighted by Crippen LogP contribution is 2.39. The van der Waals surface area contributed by atoms with Crippen molar-refractivity contribution in [3.63, 3.8) is 0 Å². The molecule has 3 aromatic heterocycles. The predicted molar refractivity (Wildman–Crippen MR) is 137 cm³/mol. The number of nitrogens with zero attached hydrogens (tertiary/aromatic N) is 1. The Morgan fingerprint density at radius 1 is 1.12 bits per heavy atom. The zero-order chi connectivity index (χ0) is 23.4. The minimum Gasteiger partial charge on any atom is -0.462 e. The second-order valence-corrected chi connectivity index (χ2v) is 10.5. The average Bonchev–Trinajstić information content (AvgIpc) is 3.29. The zero-order valence-electron chi connectivity index (χ0n) is 19.3. The molecule has 1 amide bonds. The lowest BCUT2D eigenvalue weighted by atomic mass is 9.96. The third kappa shape index (κ3) is 5.06. The minimum absolute atomic E-state index is 0.298. The first-order chi connectivity index (χ1) is 16.0. The van der Waals surface area contributed by atoms with Crippen molar-refractivity contribution in [2.24, 2.45) is 0 Å². The van der Waals surface area contributed by atoms with Gasteiger partial charge in [-0.05, 0) is 63.1 Å². The van der Waals surface area contributed by atoms with Gasteiger partial charge < -0.3 is 15.8 Å². The zero-order valence-corrected chi connectivity index (χ0v) is 20.9. The fraction of sp³-hybridized carbons (Fsp3) is 0.480. The fourth-order valence-corrected chi connectivity index (χ4v) is 6.57. The van der Waals surface area contributed by atoms with Gasteiger partial charge in [0.1, 0.15) is 14.7 Å². The highest BCUT2D eigenvalue weighted by molar-refractivity contribution is 7.21. The Kier molecular flexibility index (Phi) is 7.65. The Morgan fingerprint density at radius 2 is 1.91 bits per heavy atom. The number of anilines is 2. The van der Waals surface area contributed by atoms with Gasteiger partial charge in [0.25, 0.3) is 5.91 Å². The van der Waals surface area contributed by atoms with Gasteiger partial charge in [0.2, 0.25) is 0 Å². The molecule has 176 valence electrons. The molecule has 0 radical (unpaired) electrons. The van der Waals surface area contributed by atoms with Crippen molar-refractivity contribution in [1.82, 2.24) is 4.98 Å². The third-order valence-electron chi connectivity index (χ3n) is 6.02. The van der Waals surface area contributed by atoms with E-state index in [1.54, 1.807) is 6.92 Å². The van der Waals surface area contributed by atoms with Crippen LogP contribution in [0.2, 0.25) is 0 Å². The van der Waals surface area contributed by atoms with Gasteiger partial charge >= 0.3 is 5.97 Å². The van der Waals surface area contributed by atoms with Crippen molar-refractivity contribution in [2.75, 3.05) is 17.7 Å².